The number of rotatable bonds is 5. The fourth-order valence-corrected chi connectivity index (χ4v) is 3.82. The van der Waals surface area contributed by atoms with Gasteiger partial charge in [-0.25, -0.2) is 9.78 Å². The van der Waals surface area contributed by atoms with Crippen molar-refractivity contribution in [3.63, 3.8) is 0 Å². The highest BCUT2D eigenvalue weighted by atomic mass is 19.4. The molecule has 1 aliphatic heterocycles. The summed E-state index contributed by atoms with van der Waals surface area (Å²) in [7, 11) is 0. The Morgan fingerprint density at radius 1 is 0.972 bits per heavy atom. The second kappa shape index (κ2) is 10.3. The number of oxazole rings is 1. The number of nitrogens with zero attached hydrogens (tertiary/aromatic N) is 3. The molecule has 3 aromatic rings. The number of piperazine rings is 1. The Kier molecular flexibility index (Phi) is 7.18. The number of anilines is 2. The van der Waals surface area contributed by atoms with E-state index in [1.807, 2.05) is 13.8 Å². The summed E-state index contributed by atoms with van der Waals surface area (Å²) in [5.74, 6) is -2.76. The van der Waals surface area contributed by atoms with Gasteiger partial charge in [-0.3, -0.25) is 4.79 Å². The van der Waals surface area contributed by atoms with E-state index < -0.39 is 23.5 Å². The van der Waals surface area contributed by atoms with E-state index in [0.717, 1.165) is 5.69 Å². The number of aromatic nitrogens is 1. The first kappa shape index (κ1) is 25.1. The number of urea groups is 1. The first-order valence-corrected chi connectivity index (χ1v) is 11.5. The first-order chi connectivity index (χ1) is 17.1. The number of hydrogen-bond donors (Lipinski definition) is 2. The molecule has 2 N–H and O–H groups in total. The molecule has 8 nitrogen and oxygen atoms in total. The lowest BCUT2D eigenvalue weighted by Crippen LogP contribution is -2.52. The molecule has 190 valence electrons. The van der Waals surface area contributed by atoms with Gasteiger partial charge < -0.3 is 24.9 Å². The van der Waals surface area contributed by atoms with Gasteiger partial charge in [-0.05, 0) is 50.2 Å². The average molecular weight is 502 g/mol. The summed E-state index contributed by atoms with van der Waals surface area (Å²) in [6, 6.07) is 14.8. The van der Waals surface area contributed by atoms with Gasteiger partial charge in [0.2, 0.25) is 11.7 Å². The van der Waals surface area contributed by atoms with Crippen LogP contribution in [0.15, 0.2) is 59.0 Å². The molecule has 1 fully saturated rings. The third-order valence-electron chi connectivity index (χ3n) is 5.59. The molecule has 2 heterocycles. The van der Waals surface area contributed by atoms with Crippen molar-refractivity contribution in [1.29, 1.82) is 0 Å². The zero-order valence-electron chi connectivity index (χ0n) is 19.8. The Balaban J connectivity index is 1.43. The SMILES string of the molecule is CC(C)NC(=O)N1CCN(c2ccc(NC(=O)c3nc(-c4ccccc4)oc3C(F)(F)F)cc2)CC1. The highest BCUT2D eigenvalue weighted by Crippen LogP contribution is 2.35. The smallest absolute Gasteiger partial charge is 0.431 e. The van der Waals surface area contributed by atoms with E-state index in [4.69, 9.17) is 4.42 Å². The molecule has 0 unspecified atom stereocenters. The van der Waals surface area contributed by atoms with E-state index in [1.54, 1.807) is 59.5 Å². The van der Waals surface area contributed by atoms with Crippen molar-refractivity contribution >= 4 is 23.3 Å². The van der Waals surface area contributed by atoms with Crippen LogP contribution in [0.5, 0.6) is 0 Å². The molecule has 0 aliphatic carbocycles. The maximum atomic E-state index is 13.5. The summed E-state index contributed by atoms with van der Waals surface area (Å²) in [6.07, 6.45) is -4.88. The average Bonchev–Trinajstić information content (AvgIpc) is 3.31. The van der Waals surface area contributed by atoms with Gasteiger partial charge in [0.1, 0.15) is 0 Å². The van der Waals surface area contributed by atoms with Crippen molar-refractivity contribution in [3.05, 3.63) is 66.1 Å². The van der Waals surface area contributed by atoms with Crippen LogP contribution in [-0.2, 0) is 6.18 Å². The second-order valence-corrected chi connectivity index (χ2v) is 8.64. The molecule has 1 aromatic heterocycles. The Labute approximate surface area is 206 Å². The van der Waals surface area contributed by atoms with Gasteiger partial charge in [0.15, 0.2) is 5.69 Å². The second-order valence-electron chi connectivity index (χ2n) is 8.64. The predicted molar refractivity (Wildman–Crippen MR) is 129 cm³/mol. The molecule has 1 saturated heterocycles. The first-order valence-electron chi connectivity index (χ1n) is 11.5. The van der Waals surface area contributed by atoms with Crippen LogP contribution in [-0.4, -0.2) is 54.0 Å². The zero-order valence-corrected chi connectivity index (χ0v) is 19.8. The van der Waals surface area contributed by atoms with Crippen LogP contribution in [0.25, 0.3) is 11.5 Å². The molecular weight excluding hydrogens is 475 g/mol. The molecule has 2 aromatic carbocycles. The Morgan fingerprint density at radius 2 is 1.61 bits per heavy atom. The summed E-state index contributed by atoms with van der Waals surface area (Å²) in [5.41, 5.74) is 0.686. The van der Waals surface area contributed by atoms with Crippen LogP contribution in [0.4, 0.5) is 29.3 Å². The lowest BCUT2D eigenvalue weighted by atomic mass is 10.2. The monoisotopic (exact) mass is 501 g/mol. The Morgan fingerprint density at radius 3 is 2.19 bits per heavy atom. The molecule has 36 heavy (non-hydrogen) atoms. The molecule has 0 radical (unpaired) electrons. The normalized spacial score (nSPS) is 14.2. The highest BCUT2D eigenvalue weighted by Gasteiger charge is 2.42. The van der Waals surface area contributed by atoms with E-state index >= 15 is 0 Å². The van der Waals surface area contributed by atoms with Crippen molar-refractivity contribution in [2.75, 3.05) is 36.4 Å². The third-order valence-corrected chi connectivity index (χ3v) is 5.59. The topological polar surface area (TPSA) is 90.7 Å². The number of halogens is 3. The van der Waals surface area contributed by atoms with Crippen LogP contribution >= 0.6 is 0 Å². The van der Waals surface area contributed by atoms with E-state index in [1.165, 1.54) is 0 Å². The maximum Gasteiger partial charge on any atom is 0.452 e. The summed E-state index contributed by atoms with van der Waals surface area (Å²) in [6.45, 7) is 6.20. The van der Waals surface area contributed by atoms with Crippen molar-refractivity contribution < 1.29 is 27.2 Å². The van der Waals surface area contributed by atoms with Gasteiger partial charge in [0.25, 0.3) is 5.91 Å². The van der Waals surface area contributed by atoms with E-state index in [9.17, 15) is 22.8 Å². The van der Waals surface area contributed by atoms with Gasteiger partial charge in [-0.2, -0.15) is 13.2 Å². The molecule has 0 saturated carbocycles. The molecule has 11 heteroatoms. The Hall–Kier alpha value is -4.02. The summed E-state index contributed by atoms with van der Waals surface area (Å²) in [4.78, 5) is 32.5. The van der Waals surface area contributed by atoms with Gasteiger partial charge in [-0.15, -0.1) is 0 Å². The zero-order chi connectivity index (χ0) is 25.9. The molecule has 4 rings (SSSR count). The quantitative estimate of drug-likeness (QED) is 0.522. The Bertz CT molecular complexity index is 1200. The lowest BCUT2D eigenvalue weighted by Gasteiger charge is -2.36. The number of amides is 3. The fourth-order valence-electron chi connectivity index (χ4n) is 3.82. The number of nitrogens with one attached hydrogen (secondary N) is 2. The number of carbonyl (C=O) groups excluding carboxylic acids is 2. The van der Waals surface area contributed by atoms with E-state index in [0.29, 0.717) is 37.4 Å². The van der Waals surface area contributed by atoms with Crippen LogP contribution in [0, 0.1) is 0 Å². The number of hydrogen-bond acceptors (Lipinski definition) is 5. The highest BCUT2D eigenvalue weighted by molar-refractivity contribution is 6.04. The minimum absolute atomic E-state index is 0.0627. The van der Waals surface area contributed by atoms with Crippen molar-refractivity contribution in [1.82, 2.24) is 15.2 Å². The van der Waals surface area contributed by atoms with Gasteiger partial charge in [0, 0.05) is 49.2 Å². The molecule has 1 aliphatic rings. The van der Waals surface area contributed by atoms with Crippen molar-refractivity contribution in [2.45, 2.75) is 26.1 Å². The van der Waals surface area contributed by atoms with Gasteiger partial charge in [-0.1, -0.05) is 18.2 Å². The molecule has 0 atom stereocenters. The molecule has 0 bridgehead atoms. The maximum absolute atomic E-state index is 13.5. The summed E-state index contributed by atoms with van der Waals surface area (Å²) in [5, 5.41) is 5.34. The van der Waals surface area contributed by atoms with Gasteiger partial charge >= 0.3 is 12.2 Å². The van der Waals surface area contributed by atoms with Crippen LogP contribution < -0.4 is 15.5 Å². The summed E-state index contributed by atoms with van der Waals surface area (Å²) < 4.78 is 45.5. The van der Waals surface area contributed by atoms with Crippen molar-refractivity contribution in [3.8, 4) is 11.5 Å². The number of alkyl halides is 3. The minimum atomic E-state index is -4.88. The van der Waals surface area contributed by atoms with E-state index in [2.05, 4.69) is 20.5 Å². The van der Waals surface area contributed by atoms with Crippen LogP contribution in [0.1, 0.15) is 30.1 Å². The molecule has 0 spiro atoms. The van der Waals surface area contributed by atoms with Gasteiger partial charge in [0.05, 0.1) is 0 Å². The standard InChI is InChI=1S/C25H26F3N5O3/c1-16(2)29-24(35)33-14-12-32(13-15-33)19-10-8-18(9-11-19)30-22(34)20-21(25(26,27)28)36-23(31-20)17-6-4-3-5-7-17/h3-11,16H,12-15H2,1-2H3,(H,29,35)(H,30,34). The largest absolute Gasteiger partial charge is 0.452 e. The van der Waals surface area contributed by atoms with E-state index in [-0.39, 0.29) is 18.0 Å². The number of carbonyl (C=O) groups is 2. The van der Waals surface area contributed by atoms with Crippen molar-refractivity contribution in [2.24, 2.45) is 0 Å². The lowest BCUT2D eigenvalue weighted by molar-refractivity contribution is -0.153. The third kappa shape index (κ3) is 5.78. The van der Waals surface area contributed by atoms with Crippen LogP contribution in [0.2, 0.25) is 0 Å². The van der Waals surface area contributed by atoms with Crippen LogP contribution in [0.3, 0.4) is 0 Å². The number of benzene rings is 2. The molecule has 3 amide bonds. The summed E-state index contributed by atoms with van der Waals surface area (Å²) >= 11 is 0. The fraction of sp³-hybridized carbons (Fsp3) is 0.320. The minimum Gasteiger partial charge on any atom is -0.431 e. The molecular formula is C25H26F3N5O3. The predicted octanol–water partition coefficient (Wildman–Crippen LogP) is 4.85.